The minimum absolute atomic E-state index is 0.177. The second kappa shape index (κ2) is 5.34. The van der Waals surface area contributed by atoms with E-state index in [-0.39, 0.29) is 11.0 Å². The van der Waals surface area contributed by atoms with Crippen molar-refractivity contribution in [2.45, 2.75) is 57.4 Å². The van der Waals surface area contributed by atoms with Crippen LogP contribution in [0.2, 0.25) is 0 Å². The molecule has 14 heavy (non-hydrogen) atoms. The summed E-state index contributed by atoms with van der Waals surface area (Å²) in [5.74, 6) is 0.407. The second-order valence-electron chi connectivity index (χ2n) is 4.56. The molecule has 1 rings (SSSR count). The fourth-order valence-corrected chi connectivity index (χ4v) is 2.25. The summed E-state index contributed by atoms with van der Waals surface area (Å²) in [4.78, 5) is 10.2. The quantitative estimate of drug-likeness (QED) is 0.533. The average molecular weight is 221 g/mol. The van der Waals surface area contributed by atoms with E-state index in [1.807, 2.05) is 0 Å². The van der Waals surface area contributed by atoms with Crippen LogP contribution >= 0.6 is 11.6 Å². The lowest BCUT2D eigenvalue weighted by Gasteiger charge is -2.37. The van der Waals surface area contributed by atoms with Crippen LogP contribution in [-0.4, -0.2) is 17.6 Å². The van der Waals surface area contributed by atoms with Gasteiger partial charge in [0.05, 0.1) is 12.7 Å². The van der Waals surface area contributed by atoms with Gasteiger partial charge in [0, 0.05) is 10.8 Å². The van der Waals surface area contributed by atoms with Gasteiger partial charge >= 0.3 is 0 Å². The number of halogens is 1. The Hall–Kier alpha value is 0.210. The van der Waals surface area contributed by atoms with Crippen LogP contribution < -0.4 is 0 Å². The first kappa shape index (κ1) is 12.3. The molecule has 0 saturated carbocycles. The Labute approximate surface area is 91.8 Å². The Kier molecular flexibility index (Phi) is 4.68. The summed E-state index contributed by atoms with van der Waals surface area (Å²) in [6.45, 7) is 6.98. The van der Waals surface area contributed by atoms with Gasteiger partial charge in [-0.3, -0.25) is 0 Å². The first-order valence-electron chi connectivity index (χ1n) is 5.53. The molecule has 0 N–H and O–H groups in total. The number of unbranched alkanes of at least 4 members (excludes halogenated alkanes) is 1. The van der Waals surface area contributed by atoms with Crippen LogP contribution in [0.1, 0.15) is 46.5 Å². The van der Waals surface area contributed by atoms with E-state index < -0.39 is 0 Å². The van der Waals surface area contributed by atoms with Gasteiger partial charge in [-0.15, -0.1) is 11.6 Å². The minimum Gasteiger partial charge on any atom is -0.236 e. The van der Waals surface area contributed by atoms with Crippen LogP contribution in [0, 0.1) is 5.92 Å². The second-order valence-corrected chi connectivity index (χ2v) is 5.53. The Bertz CT molecular complexity index is 165. The van der Waals surface area contributed by atoms with Crippen molar-refractivity contribution in [1.82, 2.24) is 0 Å². The molecule has 0 aliphatic carbocycles. The van der Waals surface area contributed by atoms with E-state index in [0.717, 1.165) is 12.8 Å². The molecule has 0 radical (unpaired) electrons. The van der Waals surface area contributed by atoms with Gasteiger partial charge in [-0.05, 0) is 26.7 Å². The van der Waals surface area contributed by atoms with Gasteiger partial charge in [0.2, 0.25) is 0 Å². The Morgan fingerprint density at radius 1 is 1.43 bits per heavy atom. The van der Waals surface area contributed by atoms with Crippen molar-refractivity contribution in [3.63, 3.8) is 0 Å². The summed E-state index contributed by atoms with van der Waals surface area (Å²) in [7, 11) is 0. The van der Waals surface area contributed by atoms with E-state index in [1.165, 1.54) is 12.8 Å². The molecule has 1 fully saturated rings. The van der Waals surface area contributed by atoms with Crippen LogP contribution in [0.15, 0.2) is 0 Å². The number of hydrogen-bond donors (Lipinski definition) is 0. The summed E-state index contributed by atoms with van der Waals surface area (Å²) in [6.07, 6.45) is 4.60. The zero-order chi connectivity index (χ0) is 10.6. The van der Waals surface area contributed by atoms with Gasteiger partial charge < -0.3 is 0 Å². The van der Waals surface area contributed by atoms with Crippen molar-refractivity contribution in [3.8, 4) is 0 Å². The predicted molar refractivity (Wildman–Crippen MR) is 58.4 cm³/mol. The topological polar surface area (TPSA) is 18.5 Å². The highest BCUT2D eigenvalue weighted by atomic mass is 35.5. The van der Waals surface area contributed by atoms with Crippen LogP contribution in [0.4, 0.5) is 0 Å². The summed E-state index contributed by atoms with van der Waals surface area (Å²) in [6, 6.07) is 0. The molecule has 0 bridgehead atoms. The molecular weight excluding hydrogens is 200 g/mol. The Morgan fingerprint density at radius 2 is 2.14 bits per heavy atom. The SMILES string of the molecule is CCCC[C@H]1OOCC[C@H]1C(C)(C)Cl. The molecule has 0 amide bonds. The highest BCUT2D eigenvalue weighted by Crippen LogP contribution is 2.35. The van der Waals surface area contributed by atoms with Crippen LogP contribution in [0.25, 0.3) is 0 Å². The van der Waals surface area contributed by atoms with Crippen LogP contribution in [0.3, 0.4) is 0 Å². The maximum Gasteiger partial charge on any atom is 0.0975 e. The zero-order valence-electron chi connectivity index (χ0n) is 9.38. The normalized spacial score (nSPS) is 29.1. The third kappa shape index (κ3) is 3.41. The molecule has 2 nitrogen and oxygen atoms in total. The molecule has 0 aromatic carbocycles. The monoisotopic (exact) mass is 220 g/mol. The Balaban J connectivity index is 2.50. The smallest absolute Gasteiger partial charge is 0.0975 e. The first-order chi connectivity index (χ1) is 6.55. The van der Waals surface area contributed by atoms with Crippen molar-refractivity contribution in [2.24, 2.45) is 5.92 Å². The minimum atomic E-state index is -0.192. The summed E-state index contributed by atoms with van der Waals surface area (Å²) >= 11 is 6.35. The maximum atomic E-state index is 6.35. The summed E-state index contributed by atoms with van der Waals surface area (Å²) in [5, 5.41) is 0. The van der Waals surface area contributed by atoms with E-state index in [2.05, 4.69) is 20.8 Å². The Morgan fingerprint density at radius 3 is 2.71 bits per heavy atom. The van der Waals surface area contributed by atoms with E-state index in [0.29, 0.717) is 12.5 Å². The van der Waals surface area contributed by atoms with Gasteiger partial charge in [0.25, 0.3) is 0 Å². The molecule has 2 atom stereocenters. The molecule has 1 heterocycles. The molecule has 84 valence electrons. The molecule has 0 unspecified atom stereocenters. The van der Waals surface area contributed by atoms with Crippen molar-refractivity contribution < 1.29 is 9.78 Å². The van der Waals surface area contributed by atoms with Gasteiger partial charge in [-0.1, -0.05) is 19.8 Å². The van der Waals surface area contributed by atoms with Crippen LogP contribution in [-0.2, 0) is 9.78 Å². The molecule has 0 aromatic heterocycles. The van der Waals surface area contributed by atoms with Crippen molar-refractivity contribution in [2.75, 3.05) is 6.61 Å². The summed E-state index contributed by atoms with van der Waals surface area (Å²) < 4.78 is 0. The molecule has 0 aromatic rings. The third-order valence-electron chi connectivity index (χ3n) is 2.88. The average Bonchev–Trinajstić information content (AvgIpc) is 2.14. The van der Waals surface area contributed by atoms with E-state index in [9.17, 15) is 0 Å². The number of hydrogen-bond acceptors (Lipinski definition) is 2. The number of rotatable bonds is 4. The highest BCUT2D eigenvalue weighted by molar-refractivity contribution is 6.23. The van der Waals surface area contributed by atoms with Gasteiger partial charge in [-0.25, -0.2) is 9.78 Å². The van der Waals surface area contributed by atoms with E-state index in [1.54, 1.807) is 0 Å². The van der Waals surface area contributed by atoms with Gasteiger partial charge in [0.15, 0.2) is 0 Å². The van der Waals surface area contributed by atoms with Crippen molar-refractivity contribution in [3.05, 3.63) is 0 Å². The van der Waals surface area contributed by atoms with Gasteiger partial charge in [-0.2, -0.15) is 0 Å². The largest absolute Gasteiger partial charge is 0.236 e. The molecular formula is C11H21ClO2. The summed E-state index contributed by atoms with van der Waals surface area (Å²) in [5.41, 5.74) is 0. The standard InChI is InChI=1S/C11H21ClO2/c1-4-5-6-10-9(11(2,3)12)7-8-13-14-10/h9-10H,4-8H2,1-3H3/t9-,10-/m1/s1. The first-order valence-corrected chi connectivity index (χ1v) is 5.90. The third-order valence-corrected chi connectivity index (χ3v) is 3.16. The predicted octanol–water partition coefficient (Wildman–Crippen LogP) is 3.53. The fourth-order valence-electron chi connectivity index (χ4n) is 2.00. The lowest BCUT2D eigenvalue weighted by Crippen LogP contribution is -2.41. The number of alkyl halides is 1. The lowest BCUT2D eigenvalue weighted by atomic mass is 9.84. The lowest BCUT2D eigenvalue weighted by molar-refractivity contribution is -0.361. The molecule has 1 aliphatic rings. The molecule has 3 heteroatoms. The molecule has 1 aliphatic heterocycles. The highest BCUT2D eigenvalue weighted by Gasteiger charge is 2.37. The van der Waals surface area contributed by atoms with Crippen LogP contribution in [0.5, 0.6) is 0 Å². The van der Waals surface area contributed by atoms with E-state index in [4.69, 9.17) is 21.4 Å². The van der Waals surface area contributed by atoms with E-state index >= 15 is 0 Å². The fraction of sp³-hybridized carbons (Fsp3) is 1.00. The molecule has 1 saturated heterocycles. The van der Waals surface area contributed by atoms with Crippen molar-refractivity contribution in [1.29, 1.82) is 0 Å². The maximum absolute atomic E-state index is 6.35. The molecule has 0 spiro atoms. The van der Waals surface area contributed by atoms with Gasteiger partial charge in [0.1, 0.15) is 0 Å². The van der Waals surface area contributed by atoms with Crippen molar-refractivity contribution >= 4 is 11.6 Å². The zero-order valence-corrected chi connectivity index (χ0v) is 10.1.